The molecule has 0 aliphatic rings. The average molecular weight is 372 g/mol. The second kappa shape index (κ2) is 8.41. The standard InChI is InChI=1S/C21H24O4S/c1-12(2)17-15(20(22)23)10-16(19(21(24)25)18(17)13(3)4)26-11-14-8-6-5-7-9-14/h5-10,12-13H,11H2,1-4H3,(H,22,23)(H,24,25). The molecule has 5 heteroatoms. The smallest absolute Gasteiger partial charge is 0.337 e. The second-order valence-electron chi connectivity index (χ2n) is 6.82. The highest BCUT2D eigenvalue weighted by molar-refractivity contribution is 7.98. The maximum atomic E-state index is 12.1. The molecule has 0 spiro atoms. The highest BCUT2D eigenvalue weighted by atomic mass is 32.2. The van der Waals surface area contributed by atoms with E-state index in [9.17, 15) is 19.8 Å². The first-order chi connectivity index (χ1) is 12.2. The van der Waals surface area contributed by atoms with Gasteiger partial charge >= 0.3 is 11.9 Å². The van der Waals surface area contributed by atoms with E-state index in [4.69, 9.17) is 0 Å². The maximum absolute atomic E-state index is 12.1. The van der Waals surface area contributed by atoms with Crippen LogP contribution in [0.1, 0.15) is 76.9 Å². The van der Waals surface area contributed by atoms with Gasteiger partial charge in [0.05, 0.1) is 11.1 Å². The molecule has 2 aromatic carbocycles. The predicted octanol–water partition coefficient (Wildman–Crippen LogP) is 5.62. The number of carbonyl (C=O) groups is 2. The zero-order chi connectivity index (χ0) is 19.4. The largest absolute Gasteiger partial charge is 0.478 e. The van der Waals surface area contributed by atoms with E-state index in [0.29, 0.717) is 21.8 Å². The molecule has 0 amide bonds. The van der Waals surface area contributed by atoms with Crippen LogP contribution in [-0.2, 0) is 5.75 Å². The molecule has 0 saturated heterocycles. The van der Waals surface area contributed by atoms with E-state index in [0.717, 1.165) is 5.56 Å². The molecule has 0 aliphatic heterocycles. The van der Waals surface area contributed by atoms with E-state index in [1.165, 1.54) is 17.8 Å². The van der Waals surface area contributed by atoms with E-state index < -0.39 is 11.9 Å². The molecule has 2 aromatic rings. The van der Waals surface area contributed by atoms with Gasteiger partial charge in [-0.1, -0.05) is 58.0 Å². The van der Waals surface area contributed by atoms with Crippen molar-refractivity contribution in [2.24, 2.45) is 0 Å². The van der Waals surface area contributed by atoms with Crippen LogP contribution in [0.2, 0.25) is 0 Å². The summed E-state index contributed by atoms with van der Waals surface area (Å²) in [7, 11) is 0. The summed E-state index contributed by atoms with van der Waals surface area (Å²) >= 11 is 1.37. The van der Waals surface area contributed by atoms with Gasteiger partial charge in [0.25, 0.3) is 0 Å². The Morgan fingerprint density at radius 2 is 1.50 bits per heavy atom. The lowest BCUT2D eigenvalue weighted by molar-refractivity contribution is 0.0675. The Labute approximate surface area is 158 Å². The van der Waals surface area contributed by atoms with Gasteiger partial charge in [-0.15, -0.1) is 11.8 Å². The second-order valence-corrected chi connectivity index (χ2v) is 7.84. The summed E-state index contributed by atoms with van der Waals surface area (Å²) in [5.41, 5.74) is 2.74. The predicted molar refractivity (Wildman–Crippen MR) is 105 cm³/mol. The van der Waals surface area contributed by atoms with E-state index in [1.54, 1.807) is 0 Å². The van der Waals surface area contributed by atoms with Crippen molar-refractivity contribution in [1.82, 2.24) is 0 Å². The van der Waals surface area contributed by atoms with Crippen molar-refractivity contribution in [3.05, 3.63) is 64.2 Å². The molecule has 0 unspecified atom stereocenters. The molecule has 0 fully saturated rings. The van der Waals surface area contributed by atoms with E-state index in [1.807, 2.05) is 58.0 Å². The summed E-state index contributed by atoms with van der Waals surface area (Å²) in [4.78, 5) is 24.4. The lowest BCUT2D eigenvalue weighted by atomic mass is 9.83. The monoisotopic (exact) mass is 372 g/mol. The van der Waals surface area contributed by atoms with Crippen LogP contribution in [0.4, 0.5) is 0 Å². The van der Waals surface area contributed by atoms with Crippen LogP contribution < -0.4 is 0 Å². The lowest BCUT2D eigenvalue weighted by Crippen LogP contribution is -2.16. The number of thioether (sulfide) groups is 1. The fourth-order valence-corrected chi connectivity index (χ4v) is 4.22. The quantitative estimate of drug-likeness (QED) is 0.617. The summed E-state index contributed by atoms with van der Waals surface area (Å²) in [6.45, 7) is 7.61. The van der Waals surface area contributed by atoms with Gasteiger partial charge < -0.3 is 10.2 Å². The molecule has 2 N–H and O–H groups in total. The summed E-state index contributed by atoms with van der Waals surface area (Å²) < 4.78 is 0. The molecule has 0 saturated carbocycles. The van der Waals surface area contributed by atoms with Crippen molar-refractivity contribution in [3.63, 3.8) is 0 Å². The Morgan fingerprint density at radius 3 is 1.96 bits per heavy atom. The van der Waals surface area contributed by atoms with Crippen molar-refractivity contribution >= 4 is 23.7 Å². The molecule has 4 nitrogen and oxygen atoms in total. The van der Waals surface area contributed by atoms with E-state index in [2.05, 4.69) is 0 Å². The fraction of sp³-hybridized carbons (Fsp3) is 0.333. The first-order valence-electron chi connectivity index (χ1n) is 8.58. The zero-order valence-electron chi connectivity index (χ0n) is 15.4. The molecule has 138 valence electrons. The van der Waals surface area contributed by atoms with E-state index in [-0.39, 0.29) is 23.0 Å². The van der Waals surface area contributed by atoms with Crippen LogP contribution in [0.25, 0.3) is 0 Å². The van der Waals surface area contributed by atoms with Gasteiger partial charge in [-0.05, 0) is 34.6 Å². The Kier molecular flexibility index (Phi) is 6.48. The Bertz CT molecular complexity index is 811. The van der Waals surface area contributed by atoms with Crippen LogP contribution in [0.15, 0.2) is 41.3 Å². The minimum Gasteiger partial charge on any atom is -0.478 e. The molecule has 26 heavy (non-hydrogen) atoms. The Morgan fingerprint density at radius 1 is 0.923 bits per heavy atom. The van der Waals surface area contributed by atoms with Gasteiger partial charge in [-0.2, -0.15) is 0 Å². The first-order valence-corrected chi connectivity index (χ1v) is 9.56. The van der Waals surface area contributed by atoms with Gasteiger partial charge in [0.15, 0.2) is 0 Å². The van der Waals surface area contributed by atoms with Crippen molar-refractivity contribution in [2.45, 2.75) is 50.2 Å². The maximum Gasteiger partial charge on any atom is 0.337 e. The van der Waals surface area contributed by atoms with Gasteiger partial charge in [0.2, 0.25) is 0 Å². The molecule has 0 radical (unpaired) electrons. The zero-order valence-corrected chi connectivity index (χ0v) is 16.3. The Hall–Kier alpha value is -2.27. The summed E-state index contributed by atoms with van der Waals surface area (Å²) in [5, 5.41) is 19.6. The van der Waals surface area contributed by atoms with Gasteiger partial charge in [-0.25, -0.2) is 9.59 Å². The highest BCUT2D eigenvalue weighted by Crippen LogP contribution is 2.39. The third-order valence-corrected chi connectivity index (χ3v) is 5.32. The van der Waals surface area contributed by atoms with Crippen LogP contribution in [0, 0.1) is 0 Å². The van der Waals surface area contributed by atoms with E-state index >= 15 is 0 Å². The van der Waals surface area contributed by atoms with Crippen molar-refractivity contribution < 1.29 is 19.8 Å². The lowest BCUT2D eigenvalue weighted by Gasteiger charge is -2.23. The molecule has 2 rings (SSSR count). The van der Waals surface area contributed by atoms with Gasteiger partial charge in [-0.3, -0.25) is 0 Å². The van der Waals surface area contributed by atoms with Crippen LogP contribution >= 0.6 is 11.8 Å². The molecule has 0 aromatic heterocycles. The summed E-state index contributed by atoms with van der Waals surface area (Å²) in [6, 6.07) is 11.2. The van der Waals surface area contributed by atoms with Crippen molar-refractivity contribution in [2.75, 3.05) is 0 Å². The number of aromatic carboxylic acids is 2. The van der Waals surface area contributed by atoms with Gasteiger partial charge in [0, 0.05) is 10.6 Å². The summed E-state index contributed by atoms with van der Waals surface area (Å²) in [6.07, 6.45) is 0. The third-order valence-electron chi connectivity index (χ3n) is 4.21. The van der Waals surface area contributed by atoms with Crippen LogP contribution in [0.5, 0.6) is 0 Å². The minimum atomic E-state index is -1.02. The molecule has 0 bridgehead atoms. The first kappa shape index (κ1) is 20.0. The number of hydrogen-bond acceptors (Lipinski definition) is 3. The van der Waals surface area contributed by atoms with Gasteiger partial charge in [0.1, 0.15) is 0 Å². The number of benzene rings is 2. The topological polar surface area (TPSA) is 74.6 Å². The fourth-order valence-electron chi connectivity index (χ4n) is 3.16. The highest BCUT2D eigenvalue weighted by Gasteiger charge is 2.28. The number of rotatable bonds is 7. The molecular formula is C21H24O4S. The minimum absolute atomic E-state index is 0.0789. The summed E-state index contributed by atoms with van der Waals surface area (Å²) in [5.74, 6) is -1.62. The van der Waals surface area contributed by atoms with Crippen molar-refractivity contribution in [3.8, 4) is 0 Å². The molecule has 0 atom stereocenters. The normalized spacial score (nSPS) is 11.2. The van der Waals surface area contributed by atoms with Crippen molar-refractivity contribution in [1.29, 1.82) is 0 Å². The van der Waals surface area contributed by atoms with Crippen LogP contribution in [-0.4, -0.2) is 22.2 Å². The third kappa shape index (κ3) is 4.28. The molecular weight excluding hydrogens is 348 g/mol. The SMILES string of the molecule is CC(C)c1c(C(=O)O)cc(SCc2ccccc2)c(C(=O)O)c1C(C)C. The molecule has 0 heterocycles. The van der Waals surface area contributed by atoms with Crippen LogP contribution in [0.3, 0.4) is 0 Å². The number of carboxylic acid groups (broad SMARTS) is 2. The average Bonchev–Trinajstić information content (AvgIpc) is 2.58. The number of carboxylic acids is 2. The number of hydrogen-bond donors (Lipinski definition) is 2. The molecule has 0 aliphatic carbocycles. The Balaban J connectivity index is 2.66.